The second-order valence-electron chi connectivity index (χ2n) is 6.32. The minimum atomic E-state index is -4.21. The Morgan fingerprint density at radius 3 is 2.22 bits per heavy atom. The number of alkyl halides is 3. The van der Waals surface area contributed by atoms with Crippen LogP contribution in [0.4, 0.5) is 13.2 Å². The number of hydrogen-bond acceptors (Lipinski definition) is 2. The van der Waals surface area contributed by atoms with Crippen molar-refractivity contribution in [1.82, 2.24) is 4.90 Å². The lowest BCUT2D eigenvalue weighted by molar-refractivity contribution is -0.180. The highest BCUT2D eigenvalue weighted by atomic mass is 19.4. The lowest BCUT2D eigenvalue weighted by Crippen LogP contribution is -2.50. The summed E-state index contributed by atoms with van der Waals surface area (Å²) < 4.78 is 38.5. The average molecular weight is 266 g/mol. The molecule has 5 heteroatoms. The standard InChI is InChI=1S/C13H25F3N2/c1-12(2,3)10-5-4-7-18(8-6-10)11(9-17)13(14,15)16/h10-11H,4-9,17H2,1-3H3. The van der Waals surface area contributed by atoms with Crippen LogP contribution < -0.4 is 5.73 Å². The van der Waals surface area contributed by atoms with E-state index < -0.39 is 12.2 Å². The summed E-state index contributed by atoms with van der Waals surface area (Å²) in [4.78, 5) is 1.52. The maximum Gasteiger partial charge on any atom is 0.405 e. The Bertz CT molecular complexity index is 258. The topological polar surface area (TPSA) is 29.3 Å². The summed E-state index contributed by atoms with van der Waals surface area (Å²) >= 11 is 0. The van der Waals surface area contributed by atoms with Crippen molar-refractivity contribution in [2.45, 2.75) is 52.3 Å². The van der Waals surface area contributed by atoms with Gasteiger partial charge in [-0.3, -0.25) is 4.90 Å². The Kier molecular flexibility index (Phi) is 5.06. The highest BCUT2D eigenvalue weighted by Gasteiger charge is 2.43. The summed E-state index contributed by atoms with van der Waals surface area (Å²) in [6, 6.07) is -1.48. The van der Waals surface area contributed by atoms with Crippen LogP contribution >= 0.6 is 0 Å². The molecule has 1 heterocycles. The molecule has 0 bridgehead atoms. The van der Waals surface area contributed by atoms with Gasteiger partial charge in [0.2, 0.25) is 0 Å². The van der Waals surface area contributed by atoms with Gasteiger partial charge in [-0.25, -0.2) is 0 Å². The Hall–Kier alpha value is -0.290. The van der Waals surface area contributed by atoms with Crippen molar-refractivity contribution in [3.8, 4) is 0 Å². The number of rotatable bonds is 2. The Morgan fingerprint density at radius 1 is 1.17 bits per heavy atom. The summed E-state index contributed by atoms with van der Waals surface area (Å²) in [6.45, 7) is 7.16. The maximum atomic E-state index is 12.8. The Balaban J connectivity index is 2.66. The second kappa shape index (κ2) is 5.78. The van der Waals surface area contributed by atoms with Gasteiger partial charge in [0, 0.05) is 6.54 Å². The first kappa shape index (κ1) is 15.8. The first-order chi connectivity index (χ1) is 8.16. The number of nitrogens with two attached hydrogens (primary N) is 1. The fraction of sp³-hybridized carbons (Fsp3) is 1.00. The normalized spacial score (nSPS) is 25.8. The molecule has 2 nitrogen and oxygen atoms in total. The van der Waals surface area contributed by atoms with E-state index in [0.717, 1.165) is 19.3 Å². The van der Waals surface area contributed by atoms with E-state index in [4.69, 9.17) is 5.73 Å². The quantitative estimate of drug-likeness (QED) is 0.832. The molecule has 0 spiro atoms. The van der Waals surface area contributed by atoms with Gasteiger partial charge >= 0.3 is 6.18 Å². The zero-order valence-electron chi connectivity index (χ0n) is 11.6. The van der Waals surface area contributed by atoms with E-state index in [1.54, 1.807) is 0 Å². The maximum absolute atomic E-state index is 12.8. The van der Waals surface area contributed by atoms with Crippen LogP contribution in [0.3, 0.4) is 0 Å². The van der Waals surface area contributed by atoms with Crippen molar-refractivity contribution in [2.75, 3.05) is 19.6 Å². The monoisotopic (exact) mass is 266 g/mol. The van der Waals surface area contributed by atoms with Gasteiger partial charge in [-0.1, -0.05) is 20.8 Å². The van der Waals surface area contributed by atoms with Gasteiger partial charge in [0.15, 0.2) is 0 Å². The fourth-order valence-corrected chi connectivity index (χ4v) is 2.79. The van der Waals surface area contributed by atoms with Gasteiger partial charge in [-0.05, 0) is 43.7 Å². The Morgan fingerprint density at radius 2 is 1.78 bits per heavy atom. The van der Waals surface area contributed by atoms with Crippen LogP contribution in [0.2, 0.25) is 0 Å². The molecule has 0 radical (unpaired) electrons. The molecule has 0 aromatic rings. The molecule has 0 saturated carbocycles. The molecule has 1 rings (SSSR count). The molecule has 108 valence electrons. The highest BCUT2D eigenvalue weighted by molar-refractivity contribution is 4.85. The number of hydrogen-bond donors (Lipinski definition) is 1. The molecule has 18 heavy (non-hydrogen) atoms. The van der Waals surface area contributed by atoms with E-state index >= 15 is 0 Å². The first-order valence-electron chi connectivity index (χ1n) is 6.67. The van der Waals surface area contributed by atoms with Crippen LogP contribution in [0.15, 0.2) is 0 Å². The van der Waals surface area contributed by atoms with E-state index in [-0.39, 0.29) is 12.0 Å². The van der Waals surface area contributed by atoms with Gasteiger partial charge in [0.1, 0.15) is 6.04 Å². The molecule has 1 aliphatic heterocycles. The highest BCUT2D eigenvalue weighted by Crippen LogP contribution is 2.35. The van der Waals surface area contributed by atoms with E-state index in [0.29, 0.717) is 19.0 Å². The minimum absolute atomic E-state index is 0.173. The van der Waals surface area contributed by atoms with Crippen molar-refractivity contribution in [3.63, 3.8) is 0 Å². The molecule has 0 aromatic heterocycles. The summed E-state index contributed by atoms with van der Waals surface area (Å²) in [5.41, 5.74) is 5.47. The van der Waals surface area contributed by atoms with Crippen molar-refractivity contribution in [3.05, 3.63) is 0 Å². The van der Waals surface area contributed by atoms with Crippen LogP contribution in [0.1, 0.15) is 40.0 Å². The molecular formula is C13H25F3N2. The third kappa shape index (κ3) is 4.12. The van der Waals surface area contributed by atoms with Gasteiger partial charge in [-0.15, -0.1) is 0 Å². The molecule has 0 aromatic carbocycles. The summed E-state index contributed by atoms with van der Waals surface area (Å²) in [5, 5.41) is 0. The molecule has 2 N–H and O–H groups in total. The summed E-state index contributed by atoms with van der Waals surface area (Å²) in [5.74, 6) is 0.495. The fourth-order valence-electron chi connectivity index (χ4n) is 2.79. The third-order valence-corrected chi connectivity index (χ3v) is 4.03. The van der Waals surface area contributed by atoms with Crippen LogP contribution in [0.25, 0.3) is 0 Å². The lowest BCUT2D eigenvalue weighted by atomic mass is 9.77. The smallest absolute Gasteiger partial charge is 0.329 e. The molecule has 2 unspecified atom stereocenters. The third-order valence-electron chi connectivity index (χ3n) is 4.03. The molecule has 1 aliphatic rings. The van der Waals surface area contributed by atoms with Crippen LogP contribution in [-0.4, -0.2) is 36.8 Å². The Labute approximate surface area is 108 Å². The predicted octanol–water partition coefficient (Wildman–Crippen LogP) is 3.02. The number of nitrogens with zero attached hydrogens (tertiary/aromatic N) is 1. The average Bonchev–Trinajstić information content (AvgIpc) is 2.41. The van der Waals surface area contributed by atoms with Crippen molar-refractivity contribution < 1.29 is 13.2 Å². The zero-order valence-corrected chi connectivity index (χ0v) is 11.6. The SMILES string of the molecule is CC(C)(C)C1CCCN(C(CN)C(F)(F)F)CC1. The first-order valence-corrected chi connectivity index (χ1v) is 6.67. The lowest BCUT2D eigenvalue weighted by Gasteiger charge is -2.32. The van der Waals surface area contributed by atoms with Crippen molar-refractivity contribution in [2.24, 2.45) is 17.1 Å². The minimum Gasteiger partial charge on any atom is -0.329 e. The molecule has 0 aliphatic carbocycles. The number of halogens is 3. The van der Waals surface area contributed by atoms with Crippen molar-refractivity contribution >= 4 is 0 Å². The van der Waals surface area contributed by atoms with Gasteiger partial charge in [0.05, 0.1) is 0 Å². The molecule has 1 saturated heterocycles. The van der Waals surface area contributed by atoms with E-state index in [1.165, 1.54) is 4.90 Å². The molecular weight excluding hydrogens is 241 g/mol. The zero-order chi connectivity index (χ0) is 14.0. The summed E-state index contributed by atoms with van der Waals surface area (Å²) in [6.07, 6.45) is -1.55. The largest absolute Gasteiger partial charge is 0.405 e. The van der Waals surface area contributed by atoms with Gasteiger partial charge < -0.3 is 5.73 Å². The predicted molar refractivity (Wildman–Crippen MR) is 67.3 cm³/mol. The van der Waals surface area contributed by atoms with Crippen molar-refractivity contribution in [1.29, 1.82) is 0 Å². The van der Waals surface area contributed by atoms with E-state index in [1.807, 2.05) is 0 Å². The van der Waals surface area contributed by atoms with Crippen LogP contribution in [-0.2, 0) is 0 Å². The summed E-state index contributed by atoms with van der Waals surface area (Å²) in [7, 11) is 0. The van der Waals surface area contributed by atoms with E-state index in [2.05, 4.69) is 20.8 Å². The molecule has 0 amide bonds. The second-order valence-corrected chi connectivity index (χ2v) is 6.32. The molecule has 1 fully saturated rings. The van der Waals surface area contributed by atoms with Crippen LogP contribution in [0, 0.1) is 11.3 Å². The molecule has 2 atom stereocenters. The van der Waals surface area contributed by atoms with Gasteiger partial charge in [0.25, 0.3) is 0 Å². The van der Waals surface area contributed by atoms with E-state index in [9.17, 15) is 13.2 Å². The van der Waals surface area contributed by atoms with Crippen LogP contribution in [0.5, 0.6) is 0 Å². The van der Waals surface area contributed by atoms with Gasteiger partial charge in [-0.2, -0.15) is 13.2 Å². The number of likely N-dealkylation sites (tertiary alicyclic amines) is 1.